The number of rotatable bonds is 7. The molecule has 0 unspecified atom stereocenters. The number of H-pyrrole nitrogens is 1. The van der Waals surface area contributed by atoms with Gasteiger partial charge in [0.15, 0.2) is 0 Å². The molecule has 35 heavy (non-hydrogen) atoms. The maximum atomic E-state index is 14.3. The van der Waals surface area contributed by atoms with Gasteiger partial charge in [-0.15, -0.1) is 0 Å². The zero-order chi connectivity index (χ0) is 25.2. The van der Waals surface area contributed by atoms with Crippen LogP contribution in [0.2, 0.25) is 0 Å². The highest BCUT2D eigenvalue weighted by atomic mass is 19.4. The quantitative estimate of drug-likeness (QED) is 0.333. The minimum atomic E-state index is -4.40. The Balaban J connectivity index is 1.42. The van der Waals surface area contributed by atoms with Crippen LogP contribution in [0.25, 0.3) is 22.2 Å². The van der Waals surface area contributed by atoms with E-state index in [2.05, 4.69) is 15.3 Å². The maximum absolute atomic E-state index is 14.3. The molecule has 2 aromatic heterocycles. The molecular weight excluding hydrogens is 478 g/mol. The van der Waals surface area contributed by atoms with Crippen LogP contribution in [-0.4, -0.2) is 33.4 Å². The molecule has 0 saturated carbocycles. The van der Waals surface area contributed by atoms with Crippen molar-refractivity contribution in [3.8, 4) is 11.3 Å². The largest absolute Gasteiger partial charge is 0.449 e. The number of hydrogen-bond donors (Lipinski definition) is 2. The van der Waals surface area contributed by atoms with Crippen LogP contribution in [0.5, 0.6) is 0 Å². The predicted molar refractivity (Wildman–Crippen MR) is 114 cm³/mol. The molecular formula is C23H18F6N4O2. The smallest absolute Gasteiger partial charge is 0.407 e. The SMILES string of the molecule is O=C(NCc1cn(CC(F)(F)F)cn1)OCCc1c(-c2ccc(F)cc2)[nH]c2c(F)cc(F)cc12. The standard InChI is InChI=1S/C23H18F6N4O2/c24-14-3-1-13(2-4-14)20-17(18-7-15(25)8-19(26)21(18)32-20)5-6-35-22(34)30-9-16-10-33(12-31-16)11-23(27,28)29/h1-4,7-8,10,12,32H,5-6,9,11H2,(H,30,34). The van der Waals surface area contributed by atoms with Gasteiger partial charge in [0.1, 0.15) is 24.0 Å². The summed E-state index contributed by atoms with van der Waals surface area (Å²) in [6.07, 6.45) is -3.02. The number of nitrogens with zero attached hydrogens (tertiary/aromatic N) is 2. The van der Waals surface area contributed by atoms with Crippen LogP contribution < -0.4 is 5.32 Å². The lowest BCUT2D eigenvalue weighted by Crippen LogP contribution is -2.24. The second-order valence-corrected chi connectivity index (χ2v) is 7.69. The highest BCUT2D eigenvalue weighted by Gasteiger charge is 2.27. The fraction of sp³-hybridized carbons (Fsp3) is 0.217. The van der Waals surface area contributed by atoms with Crippen molar-refractivity contribution in [3.05, 3.63) is 77.6 Å². The first-order chi connectivity index (χ1) is 16.6. The number of amides is 1. The summed E-state index contributed by atoms with van der Waals surface area (Å²) in [5, 5.41) is 2.63. The molecule has 4 aromatic rings. The zero-order valence-corrected chi connectivity index (χ0v) is 17.9. The lowest BCUT2D eigenvalue weighted by molar-refractivity contribution is -0.140. The number of alkyl carbamates (subject to hydrolysis) is 1. The summed E-state index contributed by atoms with van der Waals surface area (Å²) in [5.74, 6) is -2.06. The first-order valence-corrected chi connectivity index (χ1v) is 10.3. The number of hydrogen-bond acceptors (Lipinski definition) is 3. The second kappa shape index (κ2) is 9.72. The monoisotopic (exact) mass is 496 g/mol. The minimum absolute atomic E-state index is 0.0552. The van der Waals surface area contributed by atoms with Gasteiger partial charge in [-0.25, -0.2) is 22.9 Å². The highest BCUT2D eigenvalue weighted by Crippen LogP contribution is 2.33. The van der Waals surface area contributed by atoms with Gasteiger partial charge in [-0.3, -0.25) is 0 Å². The molecule has 0 saturated heterocycles. The Kier molecular flexibility index (Phi) is 6.72. The van der Waals surface area contributed by atoms with E-state index in [-0.39, 0.29) is 36.2 Å². The molecule has 0 spiro atoms. The minimum Gasteiger partial charge on any atom is -0.449 e. The van der Waals surface area contributed by atoms with E-state index in [0.717, 1.165) is 29.2 Å². The van der Waals surface area contributed by atoms with Crippen LogP contribution in [0.15, 0.2) is 48.9 Å². The molecule has 0 aliphatic rings. The van der Waals surface area contributed by atoms with Crippen molar-refractivity contribution in [2.24, 2.45) is 0 Å². The first-order valence-electron chi connectivity index (χ1n) is 10.3. The number of fused-ring (bicyclic) bond motifs is 1. The molecule has 12 heteroatoms. The van der Waals surface area contributed by atoms with Gasteiger partial charge in [-0.1, -0.05) is 0 Å². The van der Waals surface area contributed by atoms with Gasteiger partial charge in [0.25, 0.3) is 0 Å². The van der Waals surface area contributed by atoms with E-state index in [0.29, 0.717) is 16.8 Å². The van der Waals surface area contributed by atoms with Gasteiger partial charge in [0, 0.05) is 29.8 Å². The van der Waals surface area contributed by atoms with Crippen molar-refractivity contribution in [3.63, 3.8) is 0 Å². The van der Waals surface area contributed by atoms with Crippen molar-refractivity contribution >= 4 is 17.0 Å². The molecule has 2 N–H and O–H groups in total. The number of aromatic amines is 1. The second-order valence-electron chi connectivity index (χ2n) is 7.69. The fourth-order valence-electron chi connectivity index (χ4n) is 3.65. The summed E-state index contributed by atoms with van der Waals surface area (Å²) in [4.78, 5) is 18.7. The van der Waals surface area contributed by atoms with Crippen LogP contribution >= 0.6 is 0 Å². The van der Waals surface area contributed by atoms with Crippen LogP contribution in [0.4, 0.5) is 31.1 Å². The van der Waals surface area contributed by atoms with E-state index in [1.807, 2.05) is 0 Å². The van der Waals surface area contributed by atoms with Crippen LogP contribution in [-0.2, 0) is 24.2 Å². The average Bonchev–Trinajstić information content (AvgIpc) is 3.36. The third kappa shape index (κ3) is 5.94. The third-order valence-electron chi connectivity index (χ3n) is 5.11. The molecule has 0 radical (unpaired) electrons. The zero-order valence-electron chi connectivity index (χ0n) is 17.9. The van der Waals surface area contributed by atoms with E-state index in [9.17, 15) is 31.1 Å². The van der Waals surface area contributed by atoms with Gasteiger partial charge in [-0.05, 0) is 41.5 Å². The molecule has 2 aromatic carbocycles. The summed E-state index contributed by atoms with van der Waals surface area (Å²) in [6.45, 7) is -1.53. The number of aromatic nitrogens is 3. The highest BCUT2D eigenvalue weighted by molar-refractivity contribution is 5.91. The first kappa shape index (κ1) is 24.2. The van der Waals surface area contributed by atoms with Gasteiger partial charge >= 0.3 is 12.3 Å². The lowest BCUT2D eigenvalue weighted by atomic mass is 10.0. The molecule has 0 aliphatic heterocycles. The topological polar surface area (TPSA) is 71.9 Å². The number of carbonyl (C=O) groups excluding carboxylic acids is 1. The number of carbonyl (C=O) groups is 1. The number of imidazole rings is 1. The van der Waals surface area contributed by atoms with Crippen LogP contribution in [0.3, 0.4) is 0 Å². The van der Waals surface area contributed by atoms with Crippen molar-refractivity contribution < 1.29 is 35.9 Å². The predicted octanol–water partition coefficient (Wildman–Crippen LogP) is 5.48. The fourth-order valence-corrected chi connectivity index (χ4v) is 3.65. The summed E-state index contributed by atoms with van der Waals surface area (Å²) in [5.41, 5.74) is 1.66. The van der Waals surface area contributed by atoms with Crippen molar-refractivity contribution in [1.82, 2.24) is 19.9 Å². The average molecular weight is 496 g/mol. The molecule has 0 fully saturated rings. The molecule has 1 amide bonds. The van der Waals surface area contributed by atoms with Crippen molar-refractivity contribution in [1.29, 1.82) is 0 Å². The summed E-state index contributed by atoms with van der Waals surface area (Å²) < 4.78 is 84.8. The number of alkyl halides is 3. The lowest BCUT2D eigenvalue weighted by Gasteiger charge is -2.08. The van der Waals surface area contributed by atoms with Gasteiger partial charge in [0.05, 0.1) is 30.7 Å². The Bertz CT molecular complexity index is 1340. The molecule has 4 rings (SSSR count). The Labute approximate surface area is 194 Å². The number of benzene rings is 2. The van der Waals surface area contributed by atoms with E-state index < -0.39 is 36.3 Å². The van der Waals surface area contributed by atoms with Crippen molar-refractivity contribution in [2.45, 2.75) is 25.7 Å². The van der Waals surface area contributed by atoms with E-state index >= 15 is 0 Å². The molecule has 0 aliphatic carbocycles. The molecule has 184 valence electrons. The molecule has 6 nitrogen and oxygen atoms in total. The van der Waals surface area contributed by atoms with Gasteiger partial charge in [-0.2, -0.15) is 13.2 Å². The number of nitrogens with one attached hydrogen (secondary N) is 2. The Morgan fingerprint density at radius 3 is 2.54 bits per heavy atom. The van der Waals surface area contributed by atoms with E-state index in [4.69, 9.17) is 4.74 Å². The van der Waals surface area contributed by atoms with Gasteiger partial charge < -0.3 is 19.6 Å². The van der Waals surface area contributed by atoms with Crippen LogP contribution in [0, 0.1) is 17.5 Å². The van der Waals surface area contributed by atoms with E-state index in [1.165, 1.54) is 24.3 Å². The van der Waals surface area contributed by atoms with Gasteiger partial charge in [0.2, 0.25) is 0 Å². The van der Waals surface area contributed by atoms with Crippen molar-refractivity contribution in [2.75, 3.05) is 6.61 Å². The molecule has 0 bridgehead atoms. The third-order valence-corrected chi connectivity index (χ3v) is 5.11. The maximum Gasteiger partial charge on any atom is 0.407 e. The summed E-state index contributed by atoms with van der Waals surface area (Å²) in [7, 11) is 0. The summed E-state index contributed by atoms with van der Waals surface area (Å²) in [6, 6.07) is 7.28. The molecule has 2 heterocycles. The summed E-state index contributed by atoms with van der Waals surface area (Å²) >= 11 is 0. The Hall–Kier alpha value is -3.96. The molecule has 0 atom stereocenters. The Morgan fingerprint density at radius 2 is 1.83 bits per heavy atom. The normalized spacial score (nSPS) is 11.7. The van der Waals surface area contributed by atoms with Crippen LogP contribution in [0.1, 0.15) is 11.3 Å². The number of ether oxygens (including phenoxy) is 1. The van der Waals surface area contributed by atoms with E-state index in [1.54, 1.807) is 0 Å². The Morgan fingerprint density at radius 1 is 1.09 bits per heavy atom. The number of halogens is 6.